The Morgan fingerprint density at radius 3 is 3.07 bits per heavy atom. The van der Waals surface area contributed by atoms with Gasteiger partial charge in [-0.05, 0) is 6.07 Å². The molecule has 0 unspecified atom stereocenters. The van der Waals surface area contributed by atoms with Crippen LogP contribution in [0.5, 0.6) is 0 Å². The normalized spacial score (nSPS) is 10.1. The lowest BCUT2D eigenvalue weighted by atomic mass is 10.4. The van der Waals surface area contributed by atoms with E-state index in [-0.39, 0.29) is 0 Å². The number of pyridine rings is 1. The largest absolute Gasteiger partial charge is 0.451 e. The molecular formula is C9H8FN3O. The van der Waals surface area contributed by atoms with Gasteiger partial charge in [0.1, 0.15) is 6.26 Å². The van der Waals surface area contributed by atoms with Crippen molar-refractivity contribution in [2.75, 3.05) is 5.32 Å². The molecule has 72 valence electrons. The summed E-state index contributed by atoms with van der Waals surface area (Å²) in [5.74, 6) is -0.504. The van der Waals surface area contributed by atoms with Crippen LogP contribution in [0.4, 0.5) is 10.1 Å². The molecule has 0 spiro atoms. The number of aromatic nitrogens is 2. The van der Waals surface area contributed by atoms with Crippen LogP contribution in [-0.4, -0.2) is 9.97 Å². The van der Waals surface area contributed by atoms with Crippen molar-refractivity contribution in [2.24, 2.45) is 0 Å². The van der Waals surface area contributed by atoms with Gasteiger partial charge in [-0.1, -0.05) is 0 Å². The Kier molecular flexibility index (Phi) is 2.40. The van der Waals surface area contributed by atoms with Gasteiger partial charge in [0.15, 0.2) is 6.39 Å². The first-order chi connectivity index (χ1) is 6.84. The smallest absolute Gasteiger partial charge is 0.214 e. The van der Waals surface area contributed by atoms with Crippen molar-refractivity contribution in [3.63, 3.8) is 0 Å². The average molecular weight is 193 g/mol. The van der Waals surface area contributed by atoms with Gasteiger partial charge >= 0.3 is 0 Å². The van der Waals surface area contributed by atoms with E-state index >= 15 is 0 Å². The van der Waals surface area contributed by atoms with Crippen molar-refractivity contribution in [3.05, 3.63) is 42.6 Å². The summed E-state index contributed by atoms with van der Waals surface area (Å²) in [7, 11) is 0. The number of nitrogens with one attached hydrogen (secondary N) is 1. The second-order valence-electron chi connectivity index (χ2n) is 2.70. The molecule has 1 N–H and O–H groups in total. The van der Waals surface area contributed by atoms with Crippen molar-refractivity contribution in [1.29, 1.82) is 0 Å². The molecule has 0 fully saturated rings. The summed E-state index contributed by atoms with van der Waals surface area (Å²) in [6, 6.07) is 3.00. The lowest BCUT2D eigenvalue weighted by molar-refractivity contribution is 0.556. The molecule has 0 bridgehead atoms. The lowest BCUT2D eigenvalue weighted by Crippen LogP contribution is -2.00. The van der Waals surface area contributed by atoms with E-state index in [9.17, 15) is 4.39 Å². The first kappa shape index (κ1) is 8.68. The maximum Gasteiger partial charge on any atom is 0.214 e. The summed E-state index contributed by atoms with van der Waals surface area (Å²) in [5.41, 5.74) is 1.43. The van der Waals surface area contributed by atoms with Gasteiger partial charge in [-0.2, -0.15) is 4.39 Å². The highest BCUT2D eigenvalue weighted by atomic mass is 19.1. The zero-order valence-electron chi connectivity index (χ0n) is 7.27. The Hall–Kier alpha value is -1.91. The zero-order chi connectivity index (χ0) is 9.80. The number of hydrogen-bond donors (Lipinski definition) is 1. The summed E-state index contributed by atoms with van der Waals surface area (Å²) in [6.45, 7) is 0.500. The summed E-state index contributed by atoms with van der Waals surface area (Å²) < 4.78 is 17.4. The monoisotopic (exact) mass is 193 g/mol. The van der Waals surface area contributed by atoms with Crippen LogP contribution < -0.4 is 5.32 Å². The molecule has 4 nitrogen and oxygen atoms in total. The predicted octanol–water partition coefficient (Wildman–Crippen LogP) is 1.82. The zero-order valence-corrected chi connectivity index (χ0v) is 7.27. The summed E-state index contributed by atoms with van der Waals surface area (Å²) in [6.07, 6.45) is 4.29. The van der Waals surface area contributed by atoms with E-state index < -0.39 is 5.95 Å². The number of hydrogen-bond acceptors (Lipinski definition) is 4. The summed E-state index contributed by atoms with van der Waals surface area (Å²) in [5, 5.41) is 2.99. The lowest BCUT2D eigenvalue weighted by Gasteiger charge is -2.02. The number of rotatable bonds is 3. The summed E-state index contributed by atoms with van der Waals surface area (Å²) >= 11 is 0. The molecule has 0 aliphatic heterocycles. The molecule has 5 heteroatoms. The third-order valence-corrected chi connectivity index (χ3v) is 1.68. The van der Waals surface area contributed by atoms with Crippen LogP contribution in [0, 0.1) is 5.95 Å². The molecule has 0 saturated carbocycles. The van der Waals surface area contributed by atoms with Gasteiger partial charge in [-0.3, -0.25) is 0 Å². The second kappa shape index (κ2) is 3.87. The molecule has 0 saturated heterocycles. The van der Waals surface area contributed by atoms with Gasteiger partial charge in [0.2, 0.25) is 5.95 Å². The Morgan fingerprint density at radius 1 is 1.43 bits per heavy atom. The van der Waals surface area contributed by atoms with E-state index in [1.807, 2.05) is 0 Å². The Morgan fingerprint density at radius 2 is 2.36 bits per heavy atom. The molecule has 0 aliphatic rings. The number of anilines is 1. The molecular weight excluding hydrogens is 185 g/mol. The van der Waals surface area contributed by atoms with Crippen LogP contribution in [0.25, 0.3) is 0 Å². The maximum absolute atomic E-state index is 12.6. The van der Waals surface area contributed by atoms with Crippen LogP contribution in [0.1, 0.15) is 5.69 Å². The standard InChI is InChI=1S/C9H8FN3O/c10-9-3-7(1-2-11-9)12-4-8-5-14-6-13-8/h1-3,5-6H,4H2,(H,11,12). The fourth-order valence-electron chi connectivity index (χ4n) is 1.03. The van der Waals surface area contributed by atoms with Crippen LogP contribution in [0.3, 0.4) is 0 Å². The van der Waals surface area contributed by atoms with E-state index in [4.69, 9.17) is 4.42 Å². The minimum atomic E-state index is -0.504. The molecule has 0 atom stereocenters. The topological polar surface area (TPSA) is 51.0 Å². The van der Waals surface area contributed by atoms with E-state index in [2.05, 4.69) is 15.3 Å². The molecule has 2 rings (SSSR count). The fraction of sp³-hybridized carbons (Fsp3) is 0.111. The van der Waals surface area contributed by atoms with Crippen molar-refractivity contribution < 1.29 is 8.81 Å². The average Bonchev–Trinajstić information content (AvgIpc) is 2.67. The highest BCUT2D eigenvalue weighted by molar-refractivity contribution is 5.41. The minimum Gasteiger partial charge on any atom is -0.451 e. The molecule has 2 aromatic rings. The molecule has 0 aromatic carbocycles. The van der Waals surface area contributed by atoms with Crippen molar-refractivity contribution in [1.82, 2.24) is 9.97 Å². The van der Waals surface area contributed by atoms with Crippen molar-refractivity contribution in [3.8, 4) is 0 Å². The van der Waals surface area contributed by atoms with Gasteiger partial charge in [-0.25, -0.2) is 9.97 Å². The molecule has 0 radical (unpaired) electrons. The van der Waals surface area contributed by atoms with Crippen molar-refractivity contribution >= 4 is 5.69 Å². The number of halogens is 1. The van der Waals surface area contributed by atoms with Crippen molar-refractivity contribution in [2.45, 2.75) is 6.54 Å². The minimum absolute atomic E-state index is 0.500. The van der Waals surface area contributed by atoms with Gasteiger partial charge in [0, 0.05) is 18.0 Å². The fourth-order valence-corrected chi connectivity index (χ4v) is 1.03. The van der Waals surface area contributed by atoms with Gasteiger partial charge in [-0.15, -0.1) is 0 Å². The first-order valence-corrected chi connectivity index (χ1v) is 4.07. The maximum atomic E-state index is 12.6. The SMILES string of the molecule is Fc1cc(NCc2cocn2)ccn1. The molecule has 2 aromatic heterocycles. The van der Waals surface area contributed by atoms with E-state index in [1.165, 1.54) is 24.9 Å². The van der Waals surface area contributed by atoms with E-state index in [1.54, 1.807) is 6.07 Å². The quantitative estimate of drug-likeness (QED) is 0.755. The van der Waals surface area contributed by atoms with Crippen LogP contribution in [-0.2, 0) is 6.54 Å². The first-order valence-electron chi connectivity index (χ1n) is 4.07. The highest BCUT2D eigenvalue weighted by Crippen LogP contribution is 2.08. The second-order valence-corrected chi connectivity index (χ2v) is 2.70. The van der Waals surface area contributed by atoms with E-state index in [0.717, 1.165) is 5.69 Å². The molecule has 2 heterocycles. The molecule has 0 aliphatic carbocycles. The molecule has 14 heavy (non-hydrogen) atoms. The van der Waals surface area contributed by atoms with Gasteiger partial charge in [0.05, 0.1) is 12.2 Å². The van der Waals surface area contributed by atoms with Crippen LogP contribution >= 0.6 is 0 Å². The Balaban J connectivity index is 1.98. The number of oxazole rings is 1. The van der Waals surface area contributed by atoms with Crippen LogP contribution in [0.2, 0.25) is 0 Å². The third kappa shape index (κ3) is 2.07. The predicted molar refractivity (Wildman–Crippen MR) is 48.0 cm³/mol. The van der Waals surface area contributed by atoms with E-state index in [0.29, 0.717) is 12.2 Å². The van der Waals surface area contributed by atoms with Gasteiger partial charge < -0.3 is 9.73 Å². The highest BCUT2D eigenvalue weighted by Gasteiger charge is 1.97. The third-order valence-electron chi connectivity index (χ3n) is 1.68. The summed E-state index contributed by atoms with van der Waals surface area (Å²) in [4.78, 5) is 7.36. The molecule has 0 amide bonds. The number of nitrogens with zero attached hydrogens (tertiary/aromatic N) is 2. The Labute approximate surface area is 79.8 Å². The van der Waals surface area contributed by atoms with Crippen LogP contribution in [0.15, 0.2) is 35.4 Å². The Bertz CT molecular complexity index is 402. The van der Waals surface area contributed by atoms with Gasteiger partial charge in [0.25, 0.3) is 0 Å².